The molecule has 146 valence electrons. The molecule has 1 N–H and O–H groups in total. The molecule has 2 fully saturated rings. The zero-order valence-electron chi connectivity index (χ0n) is 16.2. The summed E-state index contributed by atoms with van der Waals surface area (Å²) in [4.78, 5) is 14.2. The normalized spacial score (nSPS) is 20.7. The molecule has 2 aliphatic rings. The molecule has 27 heavy (non-hydrogen) atoms. The Kier molecular flexibility index (Phi) is 5.69. The first-order valence-corrected chi connectivity index (χ1v) is 10.3. The van der Waals surface area contributed by atoms with Gasteiger partial charge in [0.15, 0.2) is 0 Å². The Hall–Kier alpha value is -1.99. The molecule has 0 aliphatic carbocycles. The molecule has 4 rings (SSSR count). The van der Waals surface area contributed by atoms with Gasteiger partial charge in [-0.15, -0.1) is 0 Å². The predicted molar refractivity (Wildman–Crippen MR) is 106 cm³/mol. The van der Waals surface area contributed by atoms with Crippen molar-refractivity contribution in [2.24, 2.45) is 0 Å². The van der Waals surface area contributed by atoms with Gasteiger partial charge in [-0.1, -0.05) is 6.92 Å². The maximum atomic E-state index is 9.52. The number of rotatable bonds is 7. The molecule has 2 aromatic rings. The minimum absolute atomic E-state index is 0.0947. The Labute approximate surface area is 161 Å². The number of likely N-dealkylation sites (tertiary alicyclic amines) is 1. The third kappa shape index (κ3) is 3.71. The van der Waals surface area contributed by atoms with Crippen molar-refractivity contribution in [3.8, 4) is 11.3 Å². The smallest absolute Gasteiger partial charge is 0.225 e. The van der Waals surface area contributed by atoms with Gasteiger partial charge < -0.3 is 10.0 Å². The van der Waals surface area contributed by atoms with Gasteiger partial charge >= 0.3 is 0 Å². The monoisotopic (exact) mass is 370 g/mol. The van der Waals surface area contributed by atoms with Crippen LogP contribution in [0, 0.1) is 0 Å². The third-order valence-electron chi connectivity index (χ3n) is 5.69. The van der Waals surface area contributed by atoms with Gasteiger partial charge in [-0.05, 0) is 51.3 Å². The van der Waals surface area contributed by atoms with Crippen LogP contribution in [-0.4, -0.2) is 62.5 Å². The lowest BCUT2D eigenvalue weighted by atomic mass is 10.0. The van der Waals surface area contributed by atoms with Crippen molar-refractivity contribution in [2.45, 2.75) is 51.6 Å². The Morgan fingerprint density at radius 1 is 1.15 bits per heavy atom. The standard InChI is InChI=1S/C20H30N6O/c1-2-9-24-12-5-6-18(24)19-16(15-22-26(19)13-14-27)17-7-8-21-20(23-17)25-10-3-4-11-25/h7-8,15,18,27H,2-6,9-14H2,1H3/t18-/m1/s1. The van der Waals surface area contributed by atoms with Crippen LogP contribution in [0.5, 0.6) is 0 Å². The average molecular weight is 371 g/mol. The molecule has 7 nitrogen and oxygen atoms in total. The van der Waals surface area contributed by atoms with E-state index in [1.807, 2.05) is 23.1 Å². The van der Waals surface area contributed by atoms with E-state index in [1.165, 1.54) is 25.0 Å². The van der Waals surface area contributed by atoms with E-state index < -0.39 is 0 Å². The number of hydrogen-bond donors (Lipinski definition) is 1. The van der Waals surface area contributed by atoms with Gasteiger partial charge in [0, 0.05) is 24.8 Å². The molecule has 2 saturated heterocycles. The zero-order valence-corrected chi connectivity index (χ0v) is 16.2. The largest absolute Gasteiger partial charge is 0.394 e. The van der Waals surface area contributed by atoms with Crippen LogP contribution in [-0.2, 0) is 6.54 Å². The van der Waals surface area contributed by atoms with Crippen LogP contribution in [0.25, 0.3) is 11.3 Å². The summed E-state index contributed by atoms with van der Waals surface area (Å²) in [5.74, 6) is 0.822. The molecule has 0 spiro atoms. The highest BCUT2D eigenvalue weighted by Crippen LogP contribution is 2.37. The highest BCUT2D eigenvalue weighted by molar-refractivity contribution is 5.63. The van der Waals surface area contributed by atoms with Crippen molar-refractivity contribution in [3.05, 3.63) is 24.2 Å². The van der Waals surface area contributed by atoms with Crippen LogP contribution in [0.2, 0.25) is 0 Å². The topological polar surface area (TPSA) is 70.3 Å². The first-order valence-electron chi connectivity index (χ1n) is 10.3. The Balaban J connectivity index is 1.71. The maximum absolute atomic E-state index is 9.52. The SMILES string of the molecule is CCCN1CCC[C@@H]1c1c(-c2ccnc(N3CCCC3)n2)cnn1CCO. The van der Waals surface area contributed by atoms with E-state index in [-0.39, 0.29) is 6.61 Å². The van der Waals surface area contributed by atoms with Crippen LogP contribution in [0.3, 0.4) is 0 Å². The molecular weight excluding hydrogens is 340 g/mol. The maximum Gasteiger partial charge on any atom is 0.225 e. The summed E-state index contributed by atoms with van der Waals surface area (Å²) in [6.07, 6.45) is 9.69. The molecule has 2 aromatic heterocycles. The lowest BCUT2D eigenvalue weighted by Crippen LogP contribution is -2.27. The van der Waals surface area contributed by atoms with Crippen LogP contribution in [0.15, 0.2) is 18.5 Å². The number of hydrogen-bond acceptors (Lipinski definition) is 6. The molecule has 7 heteroatoms. The van der Waals surface area contributed by atoms with E-state index in [0.717, 1.165) is 56.2 Å². The van der Waals surface area contributed by atoms with Gasteiger partial charge in [0.2, 0.25) is 5.95 Å². The average Bonchev–Trinajstić information content (AvgIpc) is 3.43. The summed E-state index contributed by atoms with van der Waals surface area (Å²) in [6, 6.07) is 2.34. The van der Waals surface area contributed by atoms with Crippen molar-refractivity contribution in [1.29, 1.82) is 0 Å². The first-order chi connectivity index (χ1) is 13.3. The van der Waals surface area contributed by atoms with Crippen molar-refractivity contribution in [2.75, 3.05) is 37.7 Å². The Morgan fingerprint density at radius 2 is 2.00 bits per heavy atom. The van der Waals surface area contributed by atoms with Crippen LogP contribution in [0.1, 0.15) is 50.8 Å². The predicted octanol–water partition coefficient (Wildman–Crippen LogP) is 2.48. The van der Waals surface area contributed by atoms with Crippen LogP contribution >= 0.6 is 0 Å². The van der Waals surface area contributed by atoms with Gasteiger partial charge in [-0.2, -0.15) is 5.10 Å². The summed E-state index contributed by atoms with van der Waals surface area (Å²) in [6.45, 7) is 7.14. The highest BCUT2D eigenvalue weighted by atomic mass is 16.3. The molecule has 0 amide bonds. The van der Waals surface area contributed by atoms with E-state index in [0.29, 0.717) is 12.6 Å². The van der Waals surface area contributed by atoms with Crippen LogP contribution < -0.4 is 4.90 Å². The second-order valence-electron chi connectivity index (χ2n) is 7.52. The fourth-order valence-corrected chi connectivity index (χ4v) is 4.48. The molecule has 1 atom stereocenters. The van der Waals surface area contributed by atoms with E-state index in [1.54, 1.807) is 0 Å². The van der Waals surface area contributed by atoms with Crippen molar-refractivity contribution < 1.29 is 5.11 Å². The van der Waals surface area contributed by atoms with E-state index in [2.05, 4.69) is 26.8 Å². The van der Waals surface area contributed by atoms with E-state index in [4.69, 9.17) is 4.98 Å². The number of anilines is 1. The fraction of sp³-hybridized carbons (Fsp3) is 0.650. The van der Waals surface area contributed by atoms with E-state index >= 15 is 0 Å². The fourth-order valence-electron chi connectivity index (χ4n) is 4.48. The molecule has 0 aromatic carbocycles. The summed E-state index contributed by atoms with van der Waals surface area (Å²) in [7, 11) is 0. The third-order valence-corrected chi connectivity index (χ3v) is 5.69. The highest BCUT2D eigenvalue weighted by Gasteiger charge is 2.31. The first kappa shape index (κ1) is 18.4. The molecule has 0 radical (unpaired) electrons. The second kappa shape index (κ2) is 8.35. The number of nitrogens with zero attached hydrogens (tertiary/aromatic N) is 6. The zero-order chi connectivity index (χ0) is 18.6. The van der Waals surface area contributed by atoms with Gasteiger partial charge in [0.1, 0.15) is 0 Å². The van der Waals surface area contributed by atoms with Crippen molar-refractivity contribution >= 4 is 5.95 Å². The lowest BCUT2D eigenvalue weighted by molar-refractivity contribution is 0.232. The molecule has 4 heterocycles. The number of aliphatic hydroxyl groups is 1. The van der Waals surface area contributed by atoms with Gasteiger partial charge in [-0.3, -0.25) is 9.58 Å². The number of aliphatic hydroxyl groups excluding tert-OH is 1. The molecule has 0 bridgehead atoms. The van der Waals surface area contributed by atoms with Gasteiger partial charge in [0.25, 0.3) is 0 Å². The number of aromatic nitrogens is 4. The molecular formula is C20H30N6O. The van der Waals surface area contributed by atoms with Crippen LogP contribution in [0.4, 0.5) is 5.95 Å². The van der Waals surface area contributed by atoms with Gasteiger partial charge in [0.05, 0.1) is 36.8 Å². The molecule has 0 saturated carbocycles. The summed E-state index contributed by atoms with van der Waals surface area (Å²) in [5.41, 5.74) is 3.22. The molecule has 0 unspecified atom stereocenters. The second-order valence-corrected chi connectivity index (χ2v) is 7.52. The molecule has 2 aliphatic heterocycles. The van der Waals surface area contributed by atoms with E-state index in [9.17, 15) is 5.11 Å². The van der Waals surface area contributed by atoms with Crippen molar-refractivity contribution in [1.82, 2.24) is 24.6 Å². The summed E-state index contributed by atoms with van der Waals surface area (Å²) < 4.78 is 1.98. The lowest BCUT2D eigenvalue weighted by Gasteiger charge is -2.26. The van der Waals surface area contributed by atoms with Gasteiger partial charge in [-0.25, -0.2) is 9.97 Å². The summed E-state index contributed by atoms with van der Waals surface area (Å²) in [5, 5.41) is 14.1. The Morgan fingerprint density at radius 3 is 2.78 bits per heavy atom. The minimum atomic E-state index is 0.0947. The quantitative estimate of drug-likeness (QED) is 0.807. The summed E-state index contributed by atoms with van der Waals surface area (Å²) >= 11 is 0. The van der Waals surface area contributed by atoms with Crippen molar-refractivity contribution in [3.63, 3.8) is 0 Å². The Bertz CT molecular complexity index is 755. The minimum Gasteiger partial charge on any atom is -0.394 e.